The van der Waals surface area contributed by atoms with Crippen molar-refractivity contribution in [2.45, 2.75) is 57.0 Å². The van der Waals surface area contributed by atoms with Gasteiger partial charge in [-0.2, -0.15) is 0 Å². The number of hydrogen-bond acceptors (Lipinski definition) is 6. The molecule has 1 saturated carbocycles. The number of fused-ring (bicyclic) bond motifs is 4. The number of ether oxygens (including phenoxy) is 2. The number of allylic oxidation sites excluding steroid dienone is 1. The second-order valence-electron chi connectivity index (χ2n) is 14.6. The van der Waals surface area contributed by atoms with E-state index >= 15 is 0 Å². The fourth-order valence-corrected chi connectivity index (χ4v) is 10.5. The van der Waals surface area contributed by atoms with E-state index in [2.05, 4.69) is 38.3 Å². The lowest BCUT2D eigenvalue weighted by Crippen LogP contribution is -2.49. The zero-order chi connectivity index (χ0) is 35.2. The van der Waals surface area contributed by atoms with E-state index < -0.39 is 21.7 Å². The first-order valence-electron chi connectivity index (χ1n) is 17.4. The van der Waals surface area contributed by atoms with Gasteiger partial charge in [0, 0.05) is 49.4 Å². The minimum absolute atomic E-state index is 0.00872. The largest absolute Gasteiger partial charge is 0.490 e. The second-order valence-corrected chi connectivity index (χ2v) is 17.4. The third-order valence-electron chi connectivity index (χ3n) is 11.0. The predicted octanol–water partition coefficient (Wildman–Crippen LogP) is 7.40. The summed E-state index contributed by atoms with van der Waals surface area (Å²) in [6, 6.07) is 13.0. The lowest BCUT2D eigenvalue weighted by atomic mass is 9.68. The lowest BCUT2D eigenvalue weighted by Gasteiger charge is -2.46. The molecule has 0 unspecified atom stereocenters. The van der Waals surface area contributed by atoms with Crippen molar-refractivity contribution in [3.05, 3.63) is 93.2 Å². The average Bonchev–Trinajstić information content (AvgIpc) is 3.33. The fourth-order valence-electron chi connectivity index (χ4n) is 8.23. The Morgan fingerprint density at radius 3 is 2.74 bits per heavy atom. The number of amides is 2. The Kier molecular flexibility index (Phi) is 9.84. The standard InChI is InChI=1S/C38H44Cl2N4O5S/c1-24-6-4-8-33(48-3)30-12-9-27(30)20-44-22-38(15-5-7-25-16-29(39)11-13-31(25)38)23-49-34-14-10-26(17-32(34)44)36(45)41-50(47,21-24)42-37(46)28-18-35(40)43(2)19-28/h4,8,10-11,13-14,16-19,24,27,30,33H,5-7,9,12,15,20-23H2,1-3H3,(H,41,42,45,46,47)/b8-4+/t24-,27-,30+,33-,38-,50-/m0/s1. The van der Waals surface area contributed by atoms with Gasteiger partial charge in [-0.25, -0.2) is 4.21 Å². The zero-order valence-electron chi connectivity index (χ0n) is 28.7. The Bertz CT molecular complexity index is 1950. The highest BCUT2D eigenvalue weighted by Gasteiger charge is 2.44. The molecule has 2 aliphatic heterocycles. The molecule has 1 aromatic heterocycles. The first-order chi connectivity index (χ1) is 24.0. The van der Waals surface area contributed by atoms with Gasteiger partial charge in [0.05, 0.1) is 29.7 Å². The quantitative estimate of drug-likeness (QED) is 0.281. The van der Waals surface area contributed by atoms with Crippen molar-refractivity contribution in [3.8, 4) is 5.75 Å². The number of aryl methyl sites for hydroxylation is 2. The minimum atomic E-state index is -3.54. The van der Waals surface area contributed by atoms with E-state index in [0.717, 1.165) is 49.4 Å². The number of hydrogen-bond donors (Lipinski definition) is 1. The van der Waals surface area contributed by atoms with E-state index in [1.54, 1.807) is 31.0 Å². The molecule has 2 aromatic carbocycles. The third-order valence-corrected chi connectivity index (χ3v) is 13.6. The molecule has 3 aromatic rings. The molecule has 1 spiro atoms. The molecule has 3 heterocycles. The average molecular weight is 740 g/mol. The van der Waals surface area contributed by atoms with Crippen LogP contribution in [0.3, 0.4) is 0 Å². The highest BCUT2D eigenvalue weighted by Crippen LogP contribution is 2.47. The van der Waals surface area contributed by atoms with Crippen LogP contribution in [-0.2, 0) is 33.5 Å². The maximum Gasteiger partial charge on any atom is 0.286 e. The van der Waals surface area contributed by atoms with Gasteiger partial charge in [0.25, 0.3) is 11.8 Å². The molecule has 7 rings (SSSR count). The number of carbonyl (C=O) groups excluding carboxylic acids is 2. The van der Waals surface area contributed by atoms with Crippen molar-refractivity contribution in [2.75, 3.05) is 37.5 Å². The van der Waals surface area contributed by atoms with E-state index in [9.17, 15) is 13.8 Å². The Labute approximate surface area is 304 Å². The van der Waals surface area contributed by atoms with Gasteiger partial charge < -0.3 is 18.9 Å². The van der Waals surface area contributed by atoms with Crippen LogP contribution in [0.2, 0.25) is 10.2 Å². The molecule has 6 atom stereocenters. The number of aromatic nitrogens is 1. The van der Waals surface area contributed by atoms with Crippen LogP contribution in [0.15, 0.2) is 65.2 Å². The normalized spacial score (nSPS) is 30.2. The summed E-state index contributed by atoms with van der Waals surface area (Å²) < 4.78 is 35.6. The number of benzene rings is 2. The van der Waals surface area contributed by atoms with E-state index in [-0.39, 0.29) is 34.3 Å². The van der Waals surface area contributed by atoms with Crippen molar-refractivity contribution in [3.63, 3.8) is 0 Å². The third kappa shape index (κ3) is 6.96. The molecule has 2 bridgehead atoms. The van der Waals surface area contributed by atoms with Crippen molar-refractivity contribution < 1.29 is 23.3 Å². The molecule has 0 saturated heterocycles. The summed E-state index contributed by atoms with van der Waals surface area (Å²) in [4.78, 5) is 29.7. The molecule has 2 aliphatic carbocycles. The van der Waals surface area contributed by atoms with Gasteiger partial charge in [-0.15, -0.1) is 4.36 Å². The topological polar surface area (TPSA) is 102 Å². The summed E-state index contributed by atoms with van der Waals surface area (Å²) in [6.07, 6.45) is 11.4. The van der Waals surface area contributed by atoms with E-state index in [4.69, 9.17) is 32.7 Å². The highest BCUT2D eigenvalue weighted by atomic mass is 35.5. The Morgan fingerprint density at radius 2 is 2.00 bits per heavy atom. The molecule has 1 N–H and O–H groups in total. The molecule has 50 heavy (non-hydrogen) atoms. The predicted molar refractivity (Wildman–Crippen MR) is 198 cm³/mol. The number of halogens is 2. The smallest absolute Gasteiger partial charge is 0.286 e. The molecule has 4 aliphatic rings. The summed E-state index contributed by atoms with van der Waals surface area (Å²) in [7, 11) is -0.0713. The minimum Gasteiger partial charge on any atom is -0.490 e. The van der Waals surface area contributed by atoms with Crippen molar-refractivity contribution in [1.29, 1.82) is 0 Å². The van der Waals surface area contributed by atoms with Crippen LogP contribution in [-0.4, -0.2) is 59.3 Å². The number of methoxy groups -OCH3 is 1. The zero-order valence-corrected chi connectivity index (χ0v) is 31.0. The van der Waals surface area contributed by atoms with Gasteiger partial charge >= 0.3 is 0 Å². The summed E-state index contributed by atoms with van der Waals surface area (Å²) in [6.45, 7) is 3.93. The monoisotopic (exact) mass is 738 g/mol. The molecule has 12 heteroatoms. The summed E-state index contributed by atoms with van der Waals surface area (Å²) in [5, 5.41) is 1.09. The van der Waals surface area contributed by atoms with Crippen LogP contribution in [0.5, 0.6) is 5.75 Å². The SMILES string of the molecule is CO[C@H]1/C=C/C[C@H](C)C[S@@](=O)(NC(=O)c2cc(Cl)n(C)c2)=NC(=O)c2ccc3c(c2)N(C[C@@H]2CC[C@H]21)C[C@@]1(CCCc2cc(Cl)ccc21)CO3. The lowest BCUT2D eigenvalue weighted by molar-refractivity contribution is 0.0131. The Hall–Kier alpha value is -3.31. The number of rotatable bonds is 3. The van der Waals surface area contributed by atoms with E-state index in [1.165, 1.54) is 17.2 Å². The first kappa shape index (κ1) is 35.1. The van der Waals surface area contributed by atoms with Gasteiger partial charge in [-0.3, -0.25) is 14.3 Å². The Morgan fingerprint density at radius 1 is 1.16 bits per heavy atom. The molecule has 0 radical (unpaired) electrons. The number of nitrogens with one attached hydrogen (secondary N) is 1. The molecular formula is C38H44Cl2N4O5S. The van der Waals surface area contributed by atoms with Crippen molar-refractivity contribution in [1.82, 2.24) is 9.29 Å². The van der Waals surface area contributed by atoms with Gasteiger partial charge in [0.1, 0.15) is 20.8 Å². The second kappa shape index (κ2) is 14.0. The summed E-state index contributed by atoms with van der Waals surface area (Å²) in [5.74, 6) is -0.0110. The van der Waals surface area contributed by atoms with Crippen LogP contribution in [0.1, 0.15) is 70.9 Å². The van der Waals surface area contributed by atoms with Gasteiger partial charge in [0.15, 0.2) is 0 Å². The molecule has 2 amide bonds. The van der Waals surface area contributed by atoms with Crippen LogP contribution < -0.4 is 14.4 Å². The van der Waals surface area contributed by atoms with Crippen LogP contribution in [0, 0.1) is 17.8 Å². The van der Waals surface area contributed by atoms with Gasteiger partial charge in [0.2, 0.25) is 0 Å². The van der Waals surface area contributed by atoms with Crippen LogP contribution in [0.4, 0.5) is 5.69 Å². The van der Waals surface area contributed by atoms with E-state index in [1.807, 2.05) is 25.1 Å². The number of anilines is 1. The number of carbonyl (C=O) groups is 2. The summed E-state index contributed by atoms with van der Waals surface area (Å²) in [5.41, 5.74) is 3.60. The molecule has 266 valence electrons. The summed E-state index contributed by atoms with van der Waals surface area (Å²) >= 11 is 12.6. The van der Waals surface area contributed by atoms with Crippen LogP contribution in [0.25, 0.3) is 0 Å². The molecular weight excluding hydrogens is 695 g/mol. The molecule has 9 nitrogen and oxygen atoms in total. The van der Waals surface area contributed by atoms with Crippen LogP contribution >= 0.6 is 23.2 Å². The van der Waals surface area contributed by atoms with Gasteiger partial charge in [-0.1, -0.05) is 48.3 Å². The van der Waals surface area contributed by atoms with Crippen molar-refractivity contribution >= 4 is 50.6 Å². The Balaban J connectivity index is 1.30. The highest BCUT2D eigenvalue weighted by molar-refractivity contribution is 7.92. The molecule has 1 fully saturated rings. The fraction of sp³-hybridized carbons (Fsp3) is 0.474. The number of nitrogens with zero attached hydrogens (tertiary/aromatic N) is 3. The van der Waals surface area contributed by atoms with E-state index in [0.29, 0.717) is 42.3 Å². The maximum atomic E-state index is 14.5. The van der Waals surface area contributed by atoms with Crippen molar-refractivity contribution in [2.24, 2.45) is 29.2 Å². The van der Waals surface area contributed by atoms with Gasteiger partial charge in [-0.05, 0) is 104 Å². The first-order valence-corrected chi connectivity index (χ1v) is 19.8. The maximum absolute atomic E-state index is 14.5.